The van der Waals surface area contributed by atoms with E-state index in [0.717, 1.165) is 18.2 Å². The first-order valence-corrected chi connectivity index (χ1v) is 12.9. The lowest BCUT2D eigenvalue weighted by molar-refractivity contribution is -0.274. The molecule has 43 heavy (non-hydrogen) atoms. The van der Waals surface area contributed by atoms with Crippen molar-refractivity contribution in [3.05, 3.63) is 66.0 Å². The number of pyridine rings is 1. The number of halogens is 5. The van der Waals surface area contributed by atoms with Crippen LogP contribution in [0.4, 0.5) is 27.6 Å². The Morgan fingerprint density at radius 1 is 1.16 bits per heavy atom. The minimum Gasteiger partial charge on any atom is -0.464 e. The van der Waals surface area contributed by atoms with Gasteiger partial charge < -0.3 is 29.6 Å². The predicted octanol–water partition coefficient (Wildman–Crippen LogP) is 6.50. The van der Waals surface area contributed by atoms with Crippen LogP contribution in [0.15, 0.2) is 53.8 Å². The molecule has 4 aromatic rings. The first kappa shape index (κ1) is 29.6. The van der Waals surface area contributed by atoms with Gasteiger partial charge in [-0.1, -0.05) is 19.9 Å². The van der Waals surface area contributed by atoms with Crippen molar-refractivity contribution in [2.24, 2.45) is 16.3 Å². The quantitative estimate of drug-likeness (QED) is 0.207. The maximum atomic E-state index is 15.2. The highest BCUT2D eigenvalue weighted by Gasteiger charge is 2.37. The number of amidine groups is 1. The fraction of sp³-hybridized carbons (Fsp3) is 0.276. The standard InChI is InChI=1S/C29H24F5N5O4/c1-15(2)28(13-40)12-38-27(41-14-28)39-18-8-20(30)25(21(31)9-18)42-23-5-6-36-26-24(23)19(11-37-26)16-3-4-22(17(7-16)10-35)43-29(32,33)34/h3-9,11,15,40H,12-14H2,1-2H3,(H,36,37)(H,38,39)/t28-/m0/s1. The van der Waals surface area contributed by atoms with E-state index in [1.807, 2.05) is 13.8 Å². The molecule has 1 aliphatic heterocycles. The minimum absolute atomic E-state index is 0.00884. The van der Waals surface area contributed by atoms with E-state index < -0.39 is 34.9 Å². The summed E-state index contributed by atoms with van der Waals surface area (Å²) in [5, 5.41) is 22.2. The molecule has 0 aliphatic carbocycles. The highest BCUT2D eigenvalue weighted by atomic mass is 19.4. The Kier molecular flexibility index (Phi) is 7.85. The van der Waals surface area contributed by atoms with Gasteiger partial charge in [-0.15, -0.1) is 13.2 Å². The number of hydrogen-bond donors (Lipinski definition) is 3. The molecule has 0 fully saturated rings. The molecule has 0 saturated heterocycles. The van der Waals surface area contributed by atoms with Crippen molar-refractivity contribution in [2.75, 3.05) is 25.1 Å². The predicted molar refractivity (Wildman–Crippen MR) is 146 cm³/mol. The summed E-state index contributed by atoms with van der Waals surface area (Å²) in [5.41, 5.74) is -0.0234. The smallest absolute Gasteiger partial charge is 0.464 e. The normalized spacial score (nSPS) is 16.9. The van der Waals surface area contributed by atoms with Gasteiger partial charge in [0.05, 0.1) is 24.1 Å². The van der Waals surface area contributed by atoms with Crippen molar-refractivity contribution in [3.8, 4) is 34.4 Å². The summed E-state index contributed by atoms with van der Waals surface area (Å²) >= 11 is 0. The molecular formula is C29H24F5N5O4. The van der Waals surface area contributed by atoms with Crippen LogP contribution in [0.3, 0.4) is 0 Å². The van der Waals surface area contributed by atoms with Crippen LogP contribution in [-0.2, 0) is 4.74 Å². The fourth-order valence-corrected chi connectivity index (χ4v) is 4.54. The number of aliphatic hydroxyl groups excluding tert-OH is 1. The van der Waals surface area contributed by atoms with Gasteiger partial charge in [-0.05, 0) is 29.7 Å². The second-order valence-corrected chi connectivity index (χ2v) is 10.2. The number of rotatable bonds is 7. The van der Waals surface area contributed by atoms with Gasteiger partial charge in [0.15, 0.2) is 17.4 Å². The van der Waals surface area contributed by atoms with Gasteiger partial charge in [-0.3, -0.25) is 0 Å². The summed E-state index contributed by atoms with van der Waals surface area (Å²) in [7, 11) is 0. The van der Waals surface area contributed by atoms with E-state index >= 15 is 8.78 Å². The Morgan fingerprint density at radius 3 is 2.51 bits per heavy atom. The van der Waals surface area contributed by atoms with Crippen LogP contribution in [0.2, 0.25) is 0 Å². The Bertz CT molecular complexity index is 1720. The number of fused-ring (bicyclic) bond motifs is 1. The van der Waals surface area contributed by atoms with Gasteiger partial charge in [0.25, 0.3) is 6.02 Å². The number of nitriles is 1. The molecule has 1 aliphatic rings. The minimum atomic E-state index is -4.99. The molecule has 0 spiro atoms. The summed E-state index contributed by atoms with van der Waals surface area (Å²) in [6.45, 7) is 4.19. The third-order valence-electron chi connectivity index (χ3n) is 7.21. The number of H-pyrrole nitrogens is 1. The van der Waals surface area contributed by atoms with Crippen LogP contribution < -0.4 is 14.8 Å². The molecule has 1 atom stereocenters. The molecule has 224 valence electrons. The highest BCUT2D eigenvalue weighted by molar-refractivity contribution is 5.98. The SMILES string of the molecule is CC(C)[C@]1(CO)CN=C(Nc2cc(F)c(Oc3ccnc4[nH]cc(-c5ccc(OC(F)(F)F)c(C#N)c5)c34)c(F)c2)OC1. The third kappa shape index (κ3) is 6.02. The first-order valence-electron chi connectivity index (χ1n) is 12.9. The molecule has 2 aromatic heterocycles. The van der Waals surface area contributed by atoms with Crippen LogP contribution >= 0.6 is 0 Å². The van der Waals surface area contributed by atoms with E-state index in [2.05, 4.69) is 25.0 Å². The van der Waals surface area contributed by atoms with Crippen LogP contribution in [-0.4, -0.2) is 47.2 Å². The van der Waals surface area contributed by atoms with Gasteiger partial charge in [-0.2, -0.15) is 5.26 Å². The molecule has 0 amide bonds. The van der Waals surface area contributed by atoms with E-state index in [0.29, 0.717) is 11.1 Å². The Labute approximate surface area is 241 Å². The number of alkyl halides is 3. The molecule has 14 heteroatoms. The topological polar surface area (TPSA) is 125 Å². The van der Waals surface area contributed by atoms with E-state index in [1.165, 1.54) is 30.6 Å². The average Bonchev–Trinajstić information content (AvgIpc) is 3.40. The van der Waals surface area contributed by atoms with E-state index in [1.54, 1.807) is 6.07 Å². The van der Waals surface area contributed by atoms with Gasteiger partial charge in [0.1, 0.15) is 29.8 Å². The average molecular weight is 602 g/mol. The summed E-state index contributed by atoms with van der Waals surface area (Å²) in [4.78, 5) is 11.3. The molecule has 0 saturated carbocycles. The number of aliphatic hydroxyl groups is 1. The second kappa shape index (κ2) is 11.4. The molecule has 2 aromatic carbocycles. The van der Waals surface area contributed by atoms with Crippen LogP contribution in [0, 0.1) is 34.3 Å². The molecule has 0 bridgehead atoms. The first-order chi connectivity index (χ1) is 20.4. The number of aromatic amines is 1. The Balaban J connectivity index is 1.43. The van der Waals surface area contributed by atoms with Crippen LogP contribution in [0.5, 0.6) is 17.2 Å². The third-order valence-corrected chi connectivity index (χ3v) is 7.21. The maximum absolute atomic E-state index is 15.2. The number of hydrogen-bond acceptors (Lipinski definition) is 8. The Morgan fingerprint density at radius 2 is 1.91 bits per heavy atom. The van der Waals surface area contributed by atoms with Crippen molar-refractivity contribution in [1.82, 2.24) is 9.97 Å². The number of nitrogens with zero attached hydrogens (tertiary/aromatic N) is 3. The zero-order valence-electron chi connectivity index (χ0n) is 22.7. The van der Waals surface area contributed by atoms with Crippen molar-refractivity contribution >= 4 is 22.7 Å². The number of aromatic nitrogens is 2. The summed E-state index contributed by atoms with van der Waals surface area (Å²) < 4.78 is 83.7. The van der Waals surface area contributed by atoms with Gasteiger partial charge in [0, 0.05) is 41.2 Å². The highest BCUT2D eigenvalue weighted by Crippen LogP contribution is 2.40. The van der Waals surface area contributed by atoms with Crippen molar-refractivity contribution in [2.45, 2.75) is 20.2 Å². The zero-order valence-corrected chi connectivity index (χ0v) is 22.7. The maximum Gasteiger partial charge on any atom is 0.573 e. The lowest BCUT2D eigenvalue weighted by atomic mass is 9.78. The number of ether oxygens (including phenoxy) is 3. The molecule has 9 nitrogen and oxygen atoms in total. The van der Waals surface area contributed by atoms with Gasteiger partial charge >= 0.3 is 6.36 Å². The Hall–Kier alpha value is -4.90. The molecule has 3 N–H and O–H groups in total. The molecular weight excluding hydrogens is 577 g/mol. The summed E-state index contributed by atoms with van der Waals surface area (Å²) in [6.07, 6.45) is -2.18. The number of aliphatic imine (C=N–C) groups is 1. The monoisotopic (exact) mass is 601 g/mol. The number of benzene rings is 2. The summed E-state index contributed by atoms with van der Waals surface area (Å²) in [5.74, 6) is -3.42. The largest absolute Gasteiger partial charge is 0.573 e. The zero-order chi connectivity index (χ0) is 30.9. The number of anilines is 1. The van der Waals surface area contributed by atoms with Gasteiger partial charge in [-0.25, -0.2) is 18.8 Å². The van der Waals surface area contributed by atoms with E-state index in [-0.39, 0.29) is 59.7 Å². The molecule has 0 radical (unpaired) electrons. The molecule has 5 rings (SSSR count). The van der Waals surface area contributed by atoms with Crippen LogP contribution in [0.25, 0.3) is 22.2 Å². The number of nitrogens with one attached hydrogen (secondary N) is 2. The fourth-order valence-electron chi connectivity index (χ4n) is 4.54. The van der Waals surface area contributed by atoms with Crippen molar-refractivity contribution in [3.63, 3.8) is 0 Å². The lowest BCUT2D eigenvalue weighted by Crippen LogP contribution is -2.44. The van der Waals surface area contributed by atoms with E-state index in [4.69, 9.17) is 9.47 Å². The molecule has 0 unspecified atom stereocenters. The summed E-state index contributed by atoms with van der Waals surface area (Å²) in [6, 6.07) is 8.55. The van der Waals surface area contributed by atoms with Crippen molar-refractivity contribution < 1.29 is 41.3 Å². The van der Waals surface area contributed by atoms with Gasteiger partial charge in [0.2, 0.25) is 0 Å². The van der Waals surface area contributed by atoms with Crippen molar-refractivity contribution in [1.29, 1.82) is 5.26 Å². The lowest BCUT2D eigenvalue weighted by Gasteiger charge is -2.37. The second-order valence-electron chi connectivity index (χ2n) is 10.2. The van der Waals surface area contributed by atoms with E-state index in [9.17, 15) is 23.5 Å². The van der Waals surface area contributed by atoms with Crippen LogP contribution in [0.1, 0.15) is 19.4 Å². The molecule has 3 heterocycles.